The van der Waals surface area contributed by atoms with Gasteiger partial charge in [0.25, 0.3) is 5.91 Å². The molecule has 5 heteroatoms. The Morgan fingerprint density at radius 1 is 0.897 bits per heavy atom. The third kappa shape index (κ3) is 5.59. The number of hydrogen-bond donors (Lipinski definition) is 2. The van der Waals surface area contributed by atoms with Crippen molar-refractivity contribution in [3.05, 3.63) is 90.0 Å². The minimum absolute atomic E-state index is 0.109. The maximum Gasteiger partial charge on any atom is 0.251 e. The Kier molecular flexibility index (Phi) is 6.87. The number of likely N-dealkylation sites (N-methyl/N-ethyl adjacent to an activating group) is 1. The lowest BCUT2D eigenvalue weighted by Crippen LogP contribution is -3.07. The molecule has 0 bridgehead atoms. The Hall–Kier alpha value is -3.31. The van der Waals surface area contributed by atoms with Gasteiger partial charge in [-0.3, -0.25) is 4.79 Å². The zero-order valence-corrected chi connectivity index (χ0v) is 17.0. The van der Waals surface area contributed by atoms with Gasteiger partial charge in [-0.05, 0) is 42.5 Å². The summed E-state index contributed by atoms with van der Waals surface area (Å²) in [5.74, 6) is 2.05. The van der Waals surface area contributed by atoms with Gasteiger partial charge in [0.1, 0.15) is 23.3 Å². The molecule has 0 aliphatic heterocycles. The second-order valence-electron chi connectivity index (χ2n) is 7.06. The minimum Gasteiger partial charge on any atom is -0.497 e. The summed E-state index contributed by atoms with van der Waals surface area (Å²) in [6.07, 6.45) is 0. The molecule has 0 heterocycles. The predicted molar refractivity (Wildman–Crippen MR) is 114 cm³/mol. The van der Waals surface area contributed by atoms with Gasteiger partial charge < -0.3 is 19.7 Å². The van der Waals surface area contributed by atoms with Gasteiger partial charge >= 0.3 is 0 Å². The average molecular weight is 391 g/mol. The standard InChI is InChI=1S/C24H26N2O3/c1-26(2)23(18-9-7-13-21(15-18)28-3)17-25-24(27)19-10-8-14-22(16-19)29-20-11-5-4-6-12-20/h4-16,23H,17H2,1-3H3,(H,25,27)/p+1/t23-/m0/s1. The van der Waals surface area contributed by atoms with Crippen LogP contribution in [0.25, 0.3) is 0 Å². The van der Waals surface area contributed by atoms with Gasteiger partial charge in [0, 0.05) is 11.1 Å². The Labute approximate surface area is 171 Å². The molecule has 3 aromatic rings. The molecule has 0 aliphatic rings. The van der Waals surface area contributed by atoms with Crippen LogP contribution in [-0.2, 0) is 0 Å². The van der Waals surface area contributed by atoms with E-state index in [-0.39, 0.29) is 11.9 Å². The Morgan fingerprint density at radius 3 is 2.31 bits per heavy atom. The van der Waals surface area contributed by atoms with E-state index in [1.54, 1.807) is 19.2 Å². The third-order valence-corrected chi connectivity index (χ3v) is 4.73. The van der Waals surface area contributed by atoms with Crippen molar-refractivity contribution in [1.29, 1.82) is 0 Å². The fraction of sp³-hybridized carbons (Fsp3) is 0.208. The van der Waals surface area contributed by atoms with Crippen LogP contribution < -0.4 is 19.7 Å². The van der Waals surface area contributed by atoms with Crippen molar-refractivity contribution in [3.8, 4) is 17.2 Å². The summed E-state index contributed by atoms with van der Waals surface area (Å²) >= 11 is 0. The topological polar surface area (TPSA) is 52.0 Å². The first kappa shape index (κ1) is 20.4. The van der Waals surface area contributed by atoms with E-state index in [4.69, 9.17) is 9.47 Å². The summed E-state index contributed by atoms with van der Waals surface area (Å²) in [4.78, 5) is 14.0. The molecule has 0 unspecified atom stereocenters. The van der Waals surface area contributed by atoms with E-state index in [1.807, 2.05) is 60.7 Å². The number of ether oxygens (including phenoxy) is 2. The van der Waals surface area contributed by atoms with Crippen molar-refractivity contribution in [2.24, 2.45) is 0 Å². The first-order valence-electron chi connectivity index (χ1n) is 9.62. The lowest BCUT2D eigenvalue weighted by atomic mass is 10.1. The van der Waals surface area contributed by atoms with Crippen LogP contribution in [0.15, 0.2) is 78.9 Å². The molecule has 3 rings (SSSR count). The maximum atomic E-state index is 12.7. The van der Waals surface area contributed by atoms with Gasteiger partial charge in [-0.15, -0.1) is 0 Å². The number of nitrogens with one attached hydrogen (secondary N) is 2. The molecule has 0 aliphatic carbocycles. The highest BCUT2D eigenvalue weighted by Gasteiger charge is 2.20. The van der Waals surface area contributed by atoms with Gasteiger partial charge in [0.15, 0.2) is 0 Å². The van der Waals surface area contributed by atoms with Crippen molar-refractivity contribution in [1.82, 2.24) is 5.32 Å². The van der Waals surface area contributed by atoms with Crippen molar-refractivity contribution >= 4 is 5.91 Å². The van der Waals surface area contributed by atoms with E-state index >= 15 is 0 Å². The highest BCUT2D eigenvalue weighted by Crippen LogP contribution is 2.22. The average Bonchev–Trinajstić information content (AvgIpc) is 2.74. The molecule has 5 nitrogen and oxygen atoms in total. The fourth-order valence-corrected chi connectivity index (χ4v) is 3.14. The van der Waals surface area contributed by atoms with Gasteiger partial charge in [-0.25, -0.2) is 0 Å². The van der Waals surface area contributed by atoms with Gasteiger partial charge in [-0.1, -0.05) is 36.4 Å². The Morgan fingerprint density at radius 2 is 1.59 bits per heavy atom. The molecule has 150 valence electrons. The molecule has 3 aromatic carbocycles. The SMILES string of the molecule is COc1cccc([C@H](CNC(=O)c2cccc(Oc3ccccc3)c2)[NH+](C)C)c1. The molecular weight excluding hydrogens is 364 g/mol. The number of hydrogen-bond acceptors (Lipinski definition) is 3. The van der Waals surface area contributed by atoms with Crippen molar-refractivity contribution < 1.29 is 19.2 Å². The Bertz CT molecular complexity index is 942. The van der Waals surface area contributed by atoms with Crippen molar-refractivity contribution in [2.75, 3.05) is 27.7 Å². The molecule has 0 aromatic heterocycles. The van der Waals surface area contributed by atoms with E-state index in [0.29, 0.717) is 17.9 Å². The quantitative estimate of drug-likeness (QED) is 0.620. The second-order valence-corrected chi connectivity index (χ2v) is 7.06. The van der Waals surface area contributed by atoms with Crippen molar-refractivity contribution in [3.63, 3.8) is 0 Å². The second kappa shape index (κ2) is 9.75. The summed E-state index contributed by atoms with van der Waals surface area (Å²) < 4.78 is 11.2. The van der Waals surface area contributed by atoms with Gasteiger partial charge in [0.2, 0.25) is 0 Å². The van der Waals surface area contributed by atoms with Crippen LogP contribution in [0.4, 0.5) is 0 Å². The number of methoxy groups -OCH3 is 1. The van der Waals surface area contributed by atoms with Crippen LogP contribution in [0.5, 0.6) is 17.2 Å². The highest BCUT2D eigenvalue weighted by atomic mass is 16.5. The summed E-state index contributed by atoms with van der Waals surface area (Å²) in [5, 5.41) is 3.05. The number of carbonyl (C=O) groups is 1. The number of benzene rings is 3. The number of amides is 1. The number of rotatable bonds is 8. The van der Waals surface area contributed by atoms with Crippen LogP contribution in [0, 0.1) is 0 Å². The summed E-state index contributed by atoms with van der Waals surface area (Å²) in [6, 6.07) is 24.8. The zero-order valence-electron chi connectivity index (χ0n) is 17.0. The Balaban J connectivity index is 1.68. The molecule has 0 spiro atoms. The number of quaternary nitrogens is 1. The van der Waals surface area contributed by atoms with Crippen LogP contribution in [-0.4, -0.2) is 33.7 Å². The molecule has 0 saturated heterocycles. The smallest absolute Gasteiger partial charge is 0.251 e. The van der Waals surface area contributed by atoms with Crippen LogP contribution in [0.3, 0.4) is 0 Å². The van der Waals surface area contributed by atoms with E-state index < -0.39 is 0 Å². The van der Waals surface area contributed by atoms with Crippen LogP contribution in [0.1, 0.15) is 22.0 Å². The lowest BCUT2D eigenvalue weighted by Gasteiger charge is -2.22. The zero-order chi connectivity index (χ0) is 20.6. The highest BCUT2D eigenvalue weighted by molar-refractivity contribution is 5.94. The molecule has 1 amide bonds. The summed E-state index contributed by atoms with van der Waals surface area (Å²) in [6.45, 7) is 0.512. The first-order chi connectivity index (χ1) is 14.1. The van der Waals surface area contributed by atoms with E-state index in [9.17, 15) is 4.79 Å². The summed E-state index contributed by atoms with van der Waals surface area (Å²) in [7, 11) is 5.80. The third-order valence-electron chi connectivity index (χ3n) is 4.73. The van der Waals surface area contributed by atoms with Crippen molar-refractivity contribution in [2.45, 2.75) is 6.04 Å². The van der Waals surface area contributed by atoms with Gasteiger partial charge in [-0.2, -0.15) is 0 Å². The van der Waals surface area contributed by atoms with E-state index in [0.717, 1.165) is 17.1 Å². The first-order valence-corrected chi connectivity index (χ1v) is 9.62. The summed E-state index contributed by atoms with van der Waals surface area (Å²) in [5.41, 5.74) is 1.68. The predicted octanol–water partition coefficient (Wildman–Crippen LogP) is 3.10. The minimum atomic E-state index is -0.127. The molecule has 0 radical (unpaired) electrons. The van der Waals surface area contributed by atoms with Crippen LogP contribution >= 0.6 is 0 Å². The molecular formula is C24H27N2O3+. The van der Waals surface area contributed by atoms with E-state index in [2.05, 4.69) is 25.5 Å². The normalized spacial score (nSPS) is 11.7. The van der Waals surface area contributed by atoms with E-state index in [1.165, 1.54) is 4.90 Å². The molecule has 29 heavy (non-hydrogen) atoms. The van der Waals surface area contributed by atoms with Crippen LogP contribution in [0.2, 0.25) is 0 Å². The monoisotopic (exact) mass is 391 g/mol. The number of carbonyl (C=O) groups excluding carboxylic acids is 1. The molecule has 0 saturated carbocycles. The molecule has 2 N–H and O–H groups in total. The fourth-order valence-electron chi connectivity index (χ4n) is 3.14. The molecule has 0 fully saturated rings. The lowest BCUT2D eigenvalue weighted by molar-refractivity contribution is -0.890. The van der Waals surface area contributed by atoms with Gasteiger partial charge in [0.05, 0.1) is 27.7 Å². The largest absolute Gasteiger partial charge is 0.497 e. The maximum absolute atomic E-state index is 12.7. The molecule has 1 atom stereocenters. The number of para-hydroxylation sites is 1.